The molecule has 0 radical (unpaired) electrons. The lowest BCUT2D eigenvalue weighted by molar-refractivity contribution is 0.102. The molecule has 0 bridgehead atoms. The molecule has 0 aliphatic rings. The molecule has 2 rings (SSSR count). The first kappa shape index (κ1) is 14.4. The average molecular weight is 359 g/mol. The molecule has 5 heteroatoms. The van der Waals surface area contributed by atoms with Gasteiger partial charge in [0.25, 0.3) is 5.91 Å². The second-order valence-electron chi connectivity index (χ2n) is 4.04. The van der Waals surface area contributed by atoms with Crippen molar-refractivity contribution in [2.45, 2.75) is 6.92 Å². The van der Waals surface area contributed by atoms with Gasteiger partial charge in [-0.05, 0) is 48.9 Å². The number of rotatable bonds is 2. The number of halogens is 3. The Morgan fingerprint density at radius 2 is 1.89 bits per heavy atom. The van der Waals surface area contributed by atoms with Gasteiger partial charge < -0.3 is 5.32 Å². The number of hydrogen-bond donors (Lipinski definition) is 1. The molecule has 1 N–H and O–H groups in total. The Morgan fingerprint density at radius 3 is 2.58 bits per heavy atom. The van der Waals surface area contributed by atoms with Crippen molar-refractivity contribution < 1.29 is 4.79 Å². The van der Waals surface area contributed by atoms with E-state index in [1.807, 2.05) is 13.0 Å². The summed E-state index contributed by atoms with van der Waals surface area (Å²) in [6.07, 6.45) is 0. The van der Waals surface area contributed by atoms with Crippen LogP contribution in [0.3, 0.4) is 0 Å². The van der Waals surface area contributed by atoms with Crippen LogP contribution in [-0.4, -0.2) is 5.91 Å². The van der Waals surface area contributed by atoms with Crippen LogP contribution in [0.25, 0.3) is 0 Å². The topological polar surface area (TPSA) is 29.1 Å². The molecule has 0 spiro atoms. The van der Waals surface area contributed by atoms with Gasteiger partial charge in [0.05, 0.1) is 10.7 Å². The van der Waals surface area contributed by atoms with Crippen molar-refractivity contribution in [1.29, 1.82) is 0 Å². The van der Waals surface area contributed by atoms with E-state index in [9.17, 15) is 4.79 Å². The Labute approximate surface area is 129 Å². The van der Waals surface area contributed by atoms with Gasteiger partial charge in [-0.15, -0.1) is 0 Å². The van der Waals surface area contributed by atoms with Gasteiger partial charge in [0.2, 0.25) is 0 Å². The van der Waals surface area contributed by atoms with Crippen LogP contribution in [-0.2, 0) is 0 Å². The number of carbonyl (C=O) groups is 1. The molecule has 0 fully saturated rings. The number of hydrogen-bond acceptors (Lipinski definition) is 1. The Morgan fingerprint density at radius 1 is 1.16 bits per heavy atom. The number of nitrogens with one attached hydrogen (secondary N) is 1. The van der Waals surface area contributed by atoms with E-state index in [1.165, 1.54) is 0 Å². The highest BCUT2D eigenvalue weighted by molar-refractivity contribution is 9.10. The van der Waals surface area contributed by atoms with E-state index in [0.717, 1.165) is 10.0 Å². The Kier molecular flexibility index (Phi) is 4.50. The molecule has 1 amide bonds. The smallest absolute Gasteiger partial charge is 0.255 e. The van der Waals surface area contributed by atoms with Crippen LogP contribution < -0.4 is 5.32 Å². The minimum Gasteiger partial charge on any atom is -0.321 e. The highest BCUT2D eigenvalue weighted by atomic mass is 79.9. The molecule has 0 unspecified atom stereocenters. The first-order chi connectivity index (χ1) is 8.97. The van der Waals surface area contributed by atoms with Gasteiger partial charge in [-0.1, -0.05) is 39.1 Å². The summed E-state index contributed by atoms with van der Waals surface area (Å²) in [5, 5.41) is 3.88. The molecule has 0 aromatic heterocycles. The summed E-state index contributed by atoms with van der Waals surface area (Å²) in [4.78, 5) is 12.2. The molecular weight excluding hydrogens is 349 g/mol. The van der Waals surface area contributed by atoms with Gasteiger partial charge in [0, 0.05) is 15.1 Å². The number of benzene rings is 2. The van der Waals surface area contributed by atoms with E-state index in [0.29, 0.717) is 21.3 Å². The summed E-state index contributed by atoms with van der Waals surface area (Å²) < 4.78 is 0.847. The van der Waals surface area contributed by atoms with Crippen LogP contribution >= 0.6 is 39.1 Å². The van der Waals surface area contributed by atoms with Crippen LogP contribution in [0.15, 0.2) is 40.9 Å². The Hall–Kier alpha value is -1.03. The van der Waals surface area contributed by atoms with E-state index in [1.54, 1.807) is 30.3 Å². The fraction of sp³-hybridized carbons (Fsp3) is 0.0714. The molecule has 0 saturated heterocycles. The van der Waals surface area contributed by atoms with Crippen molar-refractivity contribution in [2.24, 2.45) is 0 Å². The SMILES string of the molecule is Cc1cc(Cl)ccc1C(=O)Nc1cc(Br)ccc1Cl. The second-order valence-corrected chi connectivity index (χ2v) is 5.80. The molecule has 2 aromatic carbocycles. The van der Waals surface area contributed by atoms with Crippen LogP contribution in [0.1, 0.15) is 15.9 Å². The zero-order chi connectivity index (χ0) is 14.0. The Bertz CT molecular complexity index is 643. The van der Waals surface area contributed by atoms with Crippen LogP contribution in [0.2, 0.25) is 10.0 Å². The maximum atomic E-state index is 12.2. The lowest BCUT2D eigenvalue weighted by Crippen LogP contribution is -2.13. The lowest BCUT2D eigenvalue weighted by atomic mass is 10.1. The van der Waals surface area contributed by atoms with Crippen LogP contribution in [0.5, 0.6) is 0 Å². The third-order valence-corrected chi connectivity index (χ3v) is 3.67. The van der Waals surface area contributed by atoms with Gasteiger partial charge >= 0.3 is 0 Å². The molecule has 0 atom stereocenters. The third kappa shape index (κ3) is 3.50. The third-order valence-electron chi connectivity index (χ3n) is 2.61. The standard InChI is InChI=1S/C14H10BrCl2NO/c1-8-6-10(16)3-4-11(8)14(19)18-13-7-9(15)2-5-12(13)17/h2-7H,1H3,(H,18,19). The molecular formula is C14H10BrCl2NO. The number of amides is 1. The van der Waals surface area contributed by atoms with E-state index in [2.05, 4.69) is 21.2 Å². The predicted octanol–water partition coefficient (Wildman–Crippen LogP) is 5.32. The molecule has 2 aromatic rings. The second kappa shape index (κ2) is 5.95. The fourth-order valence-corrected chi connectivity index (χ4v) is 2.42. The maximum absolute atomic E-state index is 12.2. The quantitative estimate of drug-likeness (QED) is 0.773. The molecule has 98 valence electrons. The summed E-state index contributed by atoms with van der Waals surface area (Å²) in [7, 11) is 0. The van der Waals surface area contributed by atoms with Crippen molar-refractivity contribution in [2.75, 3.05) is 5.32 Å². The lowest BCUT2D eigenvalue weighted by Gasteiger charge is -2.09. The number of carbonyl (C=O) groups excluding carboxylic acids is 1. The van der Waals surface area contributed by atoms with E-state index >= 15 is 0 Å². The highest BCUT2D eigenvalue weighted by Crippen LogP contribution is 2.26. The average Bonchev–Trinajstić information content (AvgIpc) is 2.33. The molecule has 0 aliphatic heterocycles. The summed E-state index contributed by atoms with van der Waals surface area (Å²) in [6.45, 7) is 1.84. The maximum Gasteiger partial charge on any atom is 0.255 e. The largest absolute Gasteiger partial charge is 0.321 e. The minimum absolute atomic E-state index is 0.214. The monoisotopic (exact) mass is 357 g/mol. The number of anilines is 1. The summed E-state index contributed by atoms with van der Waals surface area (Å²) in [6, 6.07) is 10.4. The van der Waals surface area contributed by atoms with Crippen LogP contribution in [0, 0.1) is 6.92 Å². The van der Waals surface area contributed by atoms with Crippen molar-refractivity contribution in [3.05, 3.63) is 62.0 Å². The van der Waals surface area contributed by atoms with E-state index < -0.39 is 0 Å². The summed E-state index contributed by atoms with van der Waals surface area (Å²) >= 11 is 15.2. The molecule has 0 saturated carbocycles. The van der Waals surface area contributed by atoms with Gasteiger partial charge in [0.15, 0.2) is 0 Å². The van der Waals surface area contributed by atoms with Gasteiger partial charge in [-0.25, -0.2) is 0 Å². The van der Waals surface area contributed by atoms with Crippen molar-refractivity contribution >= 4 is 50.7 Å². The summed E-state index contributed by atoms with van der Waals surface area (Å²) in [5.41, 5.74) is 1.95. The van der Waals surface area contributed by atoms with Crippen molar-refractivity contribution in [3.63, 3.8) is 0 Å². The zero-order valence-electron chi connectivity index (χ0n) is 10.0. The van der Waals surface area contributed by atoms with Crippen molar-refractivity contribution in [1.82, 2.24) is 0 Å². The number of aryl methyl sites for hydroxylation is 1. The summed E-state index contributed by atoms with van der Waals surface area (Å²) in [5.74, 6) is -0.214. The van der Waals surface area contributed by atoms with Gasteiger partial charge in [-0.3, -0.25) is 4.79 Å². The normalized spacial score (nSPS) is 10.3. The van der Waals surface area contributed by atoms with Gasteiger partial charge in [0.1, 0.15) is 0 Å². The van der Waals surface area contributed by atoms with E-state index in [4.69, 9.17) is 23.2 Å². The first-order valence-electron chi connectivity index (χ1n) is 5.50. The molecule has 2 nitrogen and oxygen atoms in total. The highest BCUT2D eigenvalue weighted by Gasteiger charge is 2.11. The van der Waals surface area contributed by atoms with E-state index in [-0.39, 0.29) is 5.91 Å². The van der Waals surface area contributed by atoms with Crippen LogP contribution in [0.4, 0.5) is 5.69 Å². The zero-order valence-corrected chi connectivity index (χ0v) is 13.1. The first-order valence-corrected chi connectivity index (χ1v) is 7.05. The van der Waals surface area contributed by atoms with Crippen molar-refractivity contribution in [3.8, 4) is 0 Å². The van der Waals surface area contributed by atoms with Gasteiger partial charge in [-0.2, -0.15) is 0 Å². The molecule has 19 heavy (non-hydrogen) atoms. The Balaban J connectivity index is 2.28. The molecule has 0 aliphatic carbocycles. The fourth-order valence-electron chi connectivity index (χ4n) is 1.66. The molecule has 0 heterocycles. The predicted molar refractivity (Wildman–Crippen MR) is 83.3 cm³/mol. The minimum atomic E-state index is -0.214.